The molecule has 7 aromatic rings. The standard InChI is InChI=1S/C41H34ClN7O2/c1-2-28-47(40-37(49(50)51)26-27-38(42)43-40)29-30-22-24-31(25-23-30)35-20-12-13-21-36(35)39-44-45-46-48(39)41(32-14-6-3-7-15-32,33-16-8-4-9-17-33)34-18-10-5-11-19-34/h3-27H,2,28-29H2,1H3. The first-order chi connectivity index (χ1) is 25.0. The Balaban J connectivity index is 1.32. The van der Waals surface area contributed by atoms with Crippen LogP contribution < -0.4 is 4.90 Å². The third-order valence-electron chi connectivity index (χ3n) is 8.98. The van der Waals surface area contributed by atoms with Gasteiger partial charge in [-0.25, -0.2) is 9.67 Å². The van der Waals surface area contributed by atoms with Gasteiger partial charge in [0.05, 0.1) is 4.92 Å². The summed E-state index contributed by atoms with van der Waals surface area (Å²) in [7, 11) is 0. The van der Waals surface area contributed by atoms with Crippen molar-refractivity contribution in [2.45, 2.75) is 25.4 Å². The second-order valence-corrected chi connectivity index (χ2v) is 12.5. The van der Waals surface area contributed by atoms with Crippen molar-refractivity contribution in [3.8, 4) is 22.5 Å². The number of benzene rings is 5. The highest BCUT2D eigenvalue weighted by atomic mass is 35.5. The molecule has 51 heavy (non-hydrogen) atoms. The number of pyridine rings is 1. The SMILES string of the molecule is CCCN(Cc1ccc(-c2ccccc2-c2nnnn2C(c2ccccc2)(c2ccccc2)c2ccccc2)cc1)c1nc(Cl)ccc1[N+](=O)[O-]. The topological polar surface area (TPSA) is 103 Å². The highest BCUT2D eigenvalue weighted by Crippen LogP contribution is 2.43. The molecule has 0 aliphatic rings. The molecule has 0 aliphatic carbocycles. The summed E-state index contributed by atoms with van der Waals surface area (Å²) in [5.41, 5.74) is 5.86. The van der Waals surface area contributed by atoms with Gasteiger partial charge in [0, 0.05) is 24.7 Å². The van der Waals surface area contributed by atoms with Crippen LogP contribution in [0.1, 0.15) is 35.6 Å². The van der Waals surface area contributed by atoms with Crippen LogP contribution >= 0.6 is 11.6 Å². The summed E-state index contributed by atoms with van der Waals surface area (Å²) in [5, 5.41) is 25.7. The van der Waals surface area contributed by atoms with Gasteiger partial charge in [-0.05, 0) is 56.3 Å². The van der Waals surface area contributed by atoms with E-state index in [1.165, 1.54) is 12.1 Å². The Hall–Kier alpha value is -6.19. The Morgan fingerprint density at radius 1 is 0.725 bits per heavy atom. The fraction of sp³-hybridized carbons (Fsp3) is 0.122. The van der Waals surface area contributed by atoms with Crippen molar-refractivity contribution in [3.63, 3.8) is 0 Å². The van der Waals surface area contributed by atoms with Gasteiger partial charge < -0.3 is 4.90 Å². The van der Waals surface area contributed by atoms with Crippen LogP contribution in [0.2, 0.25) is 5.15 Å². The molecule has 0 saturated heterocycles. The minimum absolute atomic E-state index is 0.0753. The van der Waals surface area contributed by atoms with Crippen molar-refractivity contribution in [2.24, 2.45) is 0 Å². The number of tetrazole rings is 1. The van der Waals surface area contributed by atoms with Crippen LogP contribution in [0.4, 0.5) is 11.5 Å². The number of hydrogen-bond acceptors (Lipinski definition) is 7. The maximum absolute atomic E-state index is 11.8. The van der Waals surface area contributed by atoms with Crippen molar-refractivity contribution in [2.75, 3.05) is 11.4 Å². The van der Waals surface area contributed by atoms with E-state index in [4.69, 9.17) is 16.8 Å². The van der Waals surface area contributed by atoms with Crippen molar-refractivity contribution in [3.05, 3.63) is 189 Å². The molecule has 2 heterocycles. The Bertz CT molecular complexity index is 2150. The molecule has 0 bridgehead atoms. The Morgan fingerprint density at radius 3 is 1.82 bits per heavy atom. The smallest absolute Gasteiger partial charge is 0.311 e. The van der Waals surface area contributed by atoms with E-state index in [1.54, 1.807) is 0 Å². The number of anilines is 1. The highest BCUT2D eigenvalue weighted by Gasteiger charge is 2.42. The van der Waals surface area contributed by atoms with Crippen LogP contribution in [0, 0.1) is 10.1 Å². The Kier molecular flexibility index (Phi) is 9.63. The van der Waals surface area contributed by atoms with E-state index in [9.17, 15) is 10.1 Å². The normalized spacial score (nSPS) is 11.3. The van der Waals surface area contributed by atoms with Crippen LogP contribution in [0.5, 0.6) is 0 Å². The molecule has 7 rings (SSSR count). The van der Waals surface area contributed by atoms with Crippen molar-refractivity contribution in [1.29, 1.82) is 0 Å². The number of nitrogens with zero attached hydrogens (tertiary/aromatic N) is 7. The highest BCUT2D eigenvalue weighted by molar-refractivity contribution is 6.29. The summed E-state index contributed by atoms with van der Waals surface area (Å²) in [6, 6.07) is 50.1. The molecular formula is C41H34ClN7O2. The van der Waals surface area contributed by atoms with Gasteiger partial charge in [-0.3, -0.25) is 10.1 Å². The first kappa shape index (κ1) is 33.3. The average Bonchev–Trinajstić information content (AvgIpc) is 3.66. The predicted octanol–water partition coefficient (Wildman–Crippen LogP) is 9.22. The number of halogens is 1. The summed E-state index contributed by atoms with van der Waals surface area (Å²) in [4.78, 5) is 17.7. The number of hydrogen-bond donors (Lipinski definition) is 0. The molecule has 0 spiro atoms. The van der Waals surface area contributed by atoms with E-state index in [1.807, 2.05) is 101 Å². The number of aromatic nitrogens is 5. The van der Waals surface area contributed by atoms with Crippen molar-refractivity contribution >= 4 is 23.1 Å². The minimum atomic E-state index is -0.890. The zero-order valence-electron chi connectivity index (χ0n) is 27.9. The average molecular weight is 692 g/mol. The number of nitro groups is 1. The molecule has 2 aromatic heterocycles. The fourth-order valence-corrected chi connectivity index (χ4v) is 6.89. The van der Waals surface area contributed by atoms with Gasteiger partial charge in [0.15, 0.2) is 5.82 Å². The molecule has 252 valence electrons. The second kappa shape index (κ2) is 14.7. The van der Waals surface area contributed by atoms with E-state index >= 15 is 0 Å². The molecule has 10 heteroatoms. The van der Waals surface area contributed by atoms with E-state index in [0.717, 1.165) is 45.4 Å². The lowest BCUT2D eigenvalue weighted by molar-refractivity contribution is -0.384. The third kappa shape index (κ3) is 6.47. The van der Waals surface area contributed by atoms with Gasteiger partial charge in [-0.15, -0.1) is 5.10 Å². The molecule has 0 radical (unpaired) electrons. The zero-order valence-corrected chi connectivity index (χ0v) is 28.6. The summed E-state index contributed by atoms with van der Waals surface area (Å²) < 4.78 is 1.94. The molecule has 0 atom stereocenters. The van der Waals surface area contributed by atoms with Crippen LogP contribution in [-0.2, 0) is 12.1 Å². The minimum Gasteiger partial charge on any atom is -0.347 e. The summed E-state index contributed by atoms with van der Waals surface area (Å²) in [5.74, 6) is 0.869. The first-order valence-corrected chi connectivity index (χ1v) is 17.1. The van der Waals surface area contributed by atoms with E-state index < -0.39 is 10.5 Å². The summed E-state index contributed by atoms with van der Waals surface area (Å²) in [6.07, 6.45) is 0.780. The van der Waals surface area contributed by atoms with Crippen molar-refractivity contribution < 1.29 is 4.92 Å². The zero-order chi connectivity index (χ0) is 35.2. The Labute approximate surface area is 301 Å². The molecule has 5 aromatic carbocycles. The largest absolute Gasteiger partial charge is 0.347 e. The lowest BCUT2D eigenvalue weighted by atomic mass is 9.77. The molecule has 0 amide bonds. The molecule has 9 nitrogen and oxygen atoms in total. The predicted molar refractivity (Wildman–Crippen MR) is 201 cm³/mol. The molecule has 0 aliphatic heterocycles. The van der Waals surface area contributed by atoms with Gasteiger partial charge in [0.1, 0.15) is 10.7 Å². The van der Waals surface area contributed by atoms with E-state index in [-0.39, 0.29) is 16.7 Å². The molecule has 0 saturated carbocycles. The maximum atomic E-state index is 11.8. The van der Waals surface area contributed by atoms with Crippen LogP contribution in [0.15, 0.2) is 152 Å². The van der Waals surface area contributed by atoms with Gasteiger partial charge in [0.25, 0.3) is 0 Å². The van der Waals surface area contributed by atoms with E-state index in [0.29, 0.717) is 18.9 Å². The molecule has 0 fully saturated rings. The monoisotopic (exact) mass is 691 g/mol. The first-order valence-electron chi connectivity index (χ1n) is 16.7. The summed E-state index contributed by atoms with van der Waals surface area (Å²) in [6.45, 7) is 3.03. The van der Waals surface area contributed by atoms with Crippen LogP contribution in [0.3, 0.4) is 0 Å². The van der Waals surface area contributed by atoms with E-state index in [2.05, 4.69) is 69.9 Å². The number of rotatable bonds is 12. The van der Waals surface area contributed by atoms with Crippen LogP contribution in [0.25, 0.3) is 22.5 Å². The lowest BCUT2D eigenvalue weighted by Crippen LogP contribution is -2.39. The maximum Gasteiger partial charge on any atom is 0.311 e. The molecular weight excluding hydrogens is 658 g/mol. The van der Waals surface area contributed by atoms with Crippen LogP contribution in [-0.4, -0.2) is 36.7 Å². The summed E-state index contributed by atoms with van der Waals surface area (Å²) >= 11 is 6.18. The molecule has 0 unspecified atom stereocenters. The Morgan fingerprint density at radius 2 is 1.27 bits per heavy atom. The van der Waals surface area contributed by atoms with Gasteiger partial charge >= 0.3 is 5.69 Å². The van der Waals surface area contributed by atoms with Gasteiger partial charge in [-0.1, -0.05) is 158 Å². The fourth-order valence-electron chi connectivity index (χ4n) is 6.75. The van der Waals surface area contributed by atoms with Gasteiger partial charge in [-0.2, -0.15) is 0 Å². The lowest BCUT2D eigenvalue weighted by Gasteiger charge is -2.36. The second-order valence-electron chi connectivity index (χ2n) is 12.1. The quantitative estimate of drug-likeness (QED) is 0.0545. The van der Waals surface area contributed by atoms with Gasteiger partial charge in [0.2, 0.25) is 5.82 Å². The van der Waals surface area contributed by atoms with Crippen molar-refractivity contribution in [1.82, 2.24) is 25.2 Å². The third-order valence-corrected chi connectivity index (χ3v) is 9.19. The molecule has 0 N–H and O–H groups in total.